The normalized spacial score (nSPS) is 35.6. The van der Waals surface area contributed by atoms with Gasteiger partial charge in [-0.15, -0.1) is 0 Å². The van der Waals surface area contributed by atoms with Crippen LogP contribution < -0.4 is 5.32 Å². The third kappa shape index (κ3) is 3.02. The average molecular weight is 255 g/mol. The quantitative estimate of drug-likeness (QED) is 0.786. The molecule has 1 heterocycles. The zero-order chi connectivity index (χ0) is 13.1. The van der Waals surface area contributed by atoms with E-state index < -0.39 is 11.9 Å². The Bertz CT molecular complexity index is 325. The van der Waals surface area contributed by atoms with Crippen LogP contribution in [0.15, 0.2) is 0 Å². The van der Waals surface area contributed by atoms with Gasteiger partial charge in [-0.05, 0) is 31.6 Å². The second kappa shape index (κ2) is 5.69. The van der Waals surface area contributed by atoms with E-state index in [9.17, 15) is 9.59 Å². The molecule has 2 unspecified atom stereocenters. The lowest BCUT2D eigenvalue weighted by Gasteiger charge is -2.17. The fourth-order valence-electron chi connectivity index (χ4n) is 3.01. The minimum Gasteiger partial charge on any atom is -0.481 e. The average Bonchev–Trinajstić information content (AvgIpc) is 2.94. The molecule has 0 bridgehead atoms. The predicted molar refractivity (Wildman–Crippen MR) is 65.0 cm³/mol. The fraction of sp³-hybridized carbons (Fsp3) is 0.846. The van der Waals surface area contributed by atoms with Crippen LogP contribution in [0.4, 0.5) is 0 Å². The second-order valence-electron chi connectivity index (χ2n) is 5.51. The van der Waals surface area contributed by atoms with Gasteiger partial charge < -0.3 is 15.2 Å². The van der Waals surface area contributed by atoms with Crippen molar-refractivity contribution in [2.75, 3.05) is 13.2 Å². The number of carboxylic acid groups (broad SMARTS) is 1. The van der Waals surface area contributed by atoms with Crippen molar-refractivity contribution in [3.63, 3.8) is 0 Å². The summed E-state index contributed by atoms with van der Waals surface area (Å²) in [5.74, 6) is -1.56. The first-order chi connectivity index (χ1) is 8.58. The number of carbonyl (C=O) groups excluding carboxylic acids is 1. The predicted octanol–water partition coefficient (Wildman–Crippen LogP) is 1.03. The molecule has 5 nitrogen and oxygen atoms in total. The van der Waals surface area contributed by atoms with E-state index in [1.165, 1.54) is 0 Å². The molecule has 102 valence electrons. The van der Waals surface area contributed by atoms with Crippen LogP contribution in [0.3, 0.4) is 0 Å². The number of hydrogen-bond donors (Lipinski definition) is 2. The van der Waals surface area contributed by atoms with Crippen LogP contribution in [0.1, 0.15) is 32.6 Å². The van der Waals surface area contributed by atoms with Gasteiger partial charge in [-0.1, -0.05) is 6.92 Å². The van der Waals surface area contributed by atoms with Gasteiger partial charge in [-0.2, -0.15) is 0 Å². The Balaban J connectivity index is 1.85. The molecule has 2 N–H and O–H groups in total. The van der Waals surface area contributed by atoms with Crippen LogP contribution in [-0.4, -0.2) is 36.2 Å². The molecule has 1 aliphatic carbocycles. The minimum absolute atomic E-state index is 0.107. The first-order valence-electron chi connectivity index (χ1n) is 6.70. The van der Waals surface area contributed by atoms with Gasteiger partial charge in [0.15, 0.2) is 0 Å². The zero-order valence-corrected chi connectivity index (χ0v) is 10.7. The summed E-state index contributed by atoms with van der Waals surface area (Å²) in [5, 5.41) is 12.0. The second-order valence-corrected chi connectivity index (χ2v) is 5.51. The highest BCUT2D eigenvalue weighted by Gasteiger charge is 2.41. The van der Waals surface area contributed by atoms with E-state index in [1.807, 2.05) is 6.92 Å². The molecule has 5 heteroatoms. The Morgan fingerprint density at radius 1 is 1.33 bits per heavy atom. The van der Waals surface area contributed by atoms with Crippen molar-refractivity contribution in [1.29, 1.82) is 0 Å². The van der Waals surface area contributed by atoms with Crippen molar-refractivity contribution in [2.45, 2.75) is 38.7 Å². The molecule has 0 spiro atoms. The van der Waals surface area contributed by atoms with Crippen LogP contribution in [0.2, 0.25) is 0 Å². The lowest BCUT2D eigenvalue weighted by atomic mass is 9.95. The van der Waals surface area contributed by atoms with E-state index in [1.54, 1.807) is 0 Å². The number of aliphatic carboxylic acids is 1. The Labute approximate surface area is 107 Å². The van der Waals surface area contributed by atoms with Crippen molar-refractivity contribution in [1.82, 2.24) is 5.32 Å². The summed E-state index contributed by atoms with van der Waals surface area (Å²) < 4.78 is 5.43. The Morgan fingerprint density at radius 3 is 2.67 bits per heavy atom. The molecule has 1 aliphatic heterocycles. The summed E-state index contributed by atoms with van der Waals surface area (Å²) in [6, 6.07) is 0. The number of hydrogen-bond acceptors (Lipinski definition) is 3. The van der Waals surface area contributed by atoms with Gasteiger partial charge >= 0.3 is 5.97 Å². The highest BCUT2D eigenvalue weighted by atomic mass is 16.5. The third-order valence-electron chi connectivity index (χ3n) is 3.98. The summed E-state index contributed by atoms with van der Waals surface area (Å²) in [6.07, 6.45) is 3.40. The molecule has 0 aromatic heterocycles. The van der Waals surface area contributed by atoms with Crippen molar-refractivity contribution in [2.24, 2.45) is 17.8 Å². The van der Waals surface area contributed by atoms with E-state index >= 15 is 0 Å². The van der Waals surface area contributed by atoms with Crippen molar-refractivity contribution < 1.29 is 19.4 Å². The first-order valence-corrected chi connectivity index (χ1v) is 6.70. The van der Waals surface area contributed by atoms with E-state index in [-0.39, 0.29) is 17.9 Å². The van der Waals surface area contributed by atoms with Gasteiger partial charge in [-0.3, -0.25) is 9.59 Å². The first kappa shape index (κ1) is 13.3. The monoisotopic (exact) mass is 255 g/mol. The number of ether oxygens (including phenoxy) is 1. The highest BCUT2D eigenvalue weighted by Crippen LogP contribution is 2.36. The number of nitrogens with one attached hydrogen (secondary N) is 1. The summed E-state index contributed by atoms with van der Waals surface area (Å²) in [7, 11) is 0. The van der Waals surface area contributed by atoms with Crippen LogP contribution in [-0.2, 0) is 14.3 Å². The van der Waals surface area contributed by atoms with Gasteiger partial charge in [0.1, 0.15) is 0 Å². The maximum Gasteiger partial charge on any atom is 0.307 e. The fourth-order valence-corrected chi connectivity index (χ4v) is 3.01. The van der Waals surface area contributed by atoms with Crippen molar-refractivity contribution >= 4 is 11.9 Å². The van der Waals surface area contributed by atoms with Crippen molar-refractivity contribution in [3.05, 3.63) is 0 Å². The molecule has 0 radical (unpaired) electrons. The van der Waals surface area contributed by atoms with E-state index in [2.05, 4.69) is 5.32 Å². The molecule has 1 saturated carbocycles. The Kier molecular flexibility index (Phi) is 4.22. The topological polar surface area (TPSA) is 75.6 Å². The maximum atomic E-state index is 12.0. The molecule has 0 aromatic rings. The molecule has 0 aromatic carbocycles. The summed E-state index contributed by atoms with van der Waals surface area (Å²) in [5.41, 5.74) is 0. The van der Waals surface area contributed by atoms with Gasteiger partial charge in [0.2, 0.25) is 5.91 Å². The molecular formula is C13H21NO4. The van der Waals surface area contributed by atoms with Crippen LogP contribution in [0.25, 0.3) is 0 Å². The van der Waals surface area contributed by atoms with E-state index in [0.717, 1.165) is 19.4 Å². The Hall–Kier alpha value is -1.10. The molecule has 18 heavy (non-hydrogen) atoms. The summed E-state index contributed by atoms with van der Waals surface area (Å²) >= 11 is 0. The smallest absolute Gasteiger partial charge is 0.307 e. The minimum atomic E-state index is -0.850. The lowest BCUT2D eigenvalue weighted by Crippen LogP contribution is -2.39. The molecule has 2 fully saturated rings. The molecule has 2 aliphatic rings. The molecular weight excluding hydrogens is 234 g/mol. The van der Waals surface area contributed by atoms with E-state index in [4.69, 9.17) is 9.84 Å². The number of carboxylic acids is 1. The number of amides is 1. The van der Waals surface area contributed by atoms with E-state index in [0.29, 0.717) is 25.3 Å². The lowest BCUT2D eigenvalue weighted by molar-refractivity contribution is -0.146. The molecule has 1 saturated heterocycles. The highest BCUT2D eigenvalue weighted by molar-refractivity contribution is 5.85. The van der Waals surface area contributed by atoms with Crippen LogP contribution >= 0.6 is 0 Å². The molecule has 1 amide bonds. The standard InChI is InChI=1S/C13H21NO4/c1-8-5-10(11(6-8)13(16)17)12(15)14-7-9-3-2-4-18-9/h8-11H,2-7H2,1H3,(H,14,15)(H,16,17)/t8?,9?,10-,11+/m0/s1. The molecule has 4 atom stereocenters. The van der Waals surface area contributed by atoms with Gasteiger partial charge in [-0.25, -0.2) is 0 Å². The largest absolute Gasteiger partial charge is 0.481 e. The maximum absolute atomic E-state index is 12.0. The third-order valence-corrected chi connectivity index (χ3v) is 3.98. The summed E-state index contributed by atoms with van der Waals surface area (Å²) in [6.45, 7) is 3.28. The number of rotatable bonds is 4. The van der Waals surface area contributed by atoms with Gasteiger partial charge in [0, 0.05) is 13.2 Å². The van der Waals surface area contributed by atoms with Crippen LogP contribution in [0, 0.1) is 17.8 Å². The Morgan fingerprint density at radius 2 is 2.06 bits per heavy atom. The SMILES string of the molecule is CC1C[C@H](C(=O)NCC2CCCO2)[C@H](C(=O)O)C1. The van der Waals surface area contributed by atoms with Gasteiger partial charge in [0.25, 0.3) is 0 Å². The molecule has 2 rings (SSSR count). The summed E-state index contributed by atoms with van der Waals surface area (Å²) in [4.78, 5) is 23.2. The zero-order valence-electron chi connectivity index (χ0n) is 10.7. The van der Waals surface area contributed by atoms with Crippen molar-refractivity contribution in [3.8, 4) is 0 Å². The van der Waals surface area contributed by atoms with Crippen LogP contribution in [0.5, 0.6) is 0 Å². The van der Waals surface area contributed by atoms with Gasteiger partial charge in [0.05, 0.1) is 17.9 Å². The number of carbonyl (C=O) groups is 2.